The predicted molar refractivity (Wildman–Crippen MR) is 124 cm³/mol. The molecule has 10 heteroatoms. The Labute approximate surface area is 199 Å². The summed E-state index contributed by atoms with van der Waals surface area (Å²) < 4.78 is 43.4. The molecule has 0 aliphatic carbocycles. The van der Waals surface area contributed by atoms with E-state index in [1.165, 1.54) is 11.2 Å². The summed E-state index contributed by atoms with van der Waals surface area (Å²) in [5, 5.41) is 2.69. The minimum absolute atomic E-state index is 0.130. The zero-order valence-electron chi connectivity index (χ0n) is 19.4. The molecule has 0 unspecified atom stereocenters. The van der Waals surface area contributed by atoms with E-state index >= 15 is 0 Å². The number of benzene rings is 2. The van der Waals surface area contributed by atoms with Gasteiger partial charge in [0.1, 0.15) is 0 Å². The molecule has 1 saturated heterocycles. The molecule has 1 amide bonds. The van der Waals surface area contributed by atoms with Gasteiger partial charge < -0.3 is 19.5 Å². The van der Waals surface area contributed by atoms with Crippen LogP contribution in [0.4, 0.5) is 5.69 Å². The van der Waals surface area contributed by atoms with Crippen molar-refractivity contribution in [1.29, 1.82) is 0 Å². The molecule has 0 bridgehead atoms. The van der Waals surface area contributed by atoms with Crippen LogP contribution in [0.15, 0.2) is 41.3 Å². The van der Waals surface area contributed by atoms with Crippen LogP contribution in [-0.4, -0.2) is 50.6 Å². The lowest BCUT2D eigenvalue weighted by molar-refractivity contribution is -0.158. The number of aryl methyl sites for hydroxylation is 2. The molecule has 2 aliphatic rings. The second-order valence-electron chi connectivity index (χ2n) is 8.58. The van der Waals surface area contributed by atoms with E-state index in [-0.39, 0.29) is 24.8 Å². The number of rotatable bonds is 6. The Morgan fingerprint density at radius 2 is 1.76 bits per heavy atom. The smallest absolute Gasteiger partial charge is 0.309 e. The third-order valence-electron chi connectivity index (χ3n) is 6.04. The maximum Gasteiger partial charge on any atom is 0.309 e. The van der Waals surface area contributed by atoms with Crippen LogP contribution in [0, 0.1) is 19.8 Å². The topological polar surface area (TPSA) is 111 Å². The van der Waals surface area contributed by atoms with Gasteiger partial charge >= 0.3 is 5.97 Å². The van der Waals surface area contributed by atoms with E-state index in [9.17, 15) is 18.0 Å². The molecule has 0 spiro atoms. The van der Waals surface area contributed by atoms with E-state index in [0.717, 1.165) is 5.56 Å². The number of piperidine rings is 1. The lowest BCUT2D eigenvalue weighted by atomic mass is 9.98. The molecule has 0 radical (unpaired) electrons. The maximum atomic E-state index is 13.0. The molecular weight excluding hydrogens is 460 g/mol. The monoisotopic (exact) mass is 488 g/mol. The highest BCUT2D eigenvalue weighted by atomic mass is 32.2. The van der Waals surface area contributed by atoms with Crippen LogP contribution in [0.1, 0.15) is 30.9 Å². The summed E-state index contributed by atoms with van der Waals surface area (Å²) in [6, 6.07) is 10.2. The molecule has 2 aromatic carbocycles. The first-order valence-electron chi connectivity index (χ1n) is 11.1. The van der Waals surface area contributed by atoms with Crippen molar-refractivity contribution in [2.24, 2.45) is 5.92 Å². The summed E-state index contributed by atoms with van der Waals surface area (Å²) in [5.74, 6) is -0.307. The van der Waals surface area contributed by atoms with Crippen LogP contribution in [0.2, 0.25) is 0 Å². The van der Waals surface area contributed by atoms with Crippen molar-refractivity contribution in [3.8, 4) is 11.5 Å². The fraction of sp³-hybridized carbons (Fsp3) is 0.417. The third kappa shape index (κ3) is 5.02. The molecule has 1 atom stereocenters. The lowest BCUT2D eigenvalue weighted by Gasteiger charge is -2.31. The number of ether oxygens (including phenoxy) is 3. The van der Waals surface area contributed by atoms with Crippen molar-refractivity contribution in [2.75, 3.05) is 25.2 Å². The largest absolute Gasteiger partial charge is 0.454 e. The van der Waals surface area contributed by atoms with Crippen LogP contribution in [0.25, 0.3) is 0 Å². The lowest BCUT2D eigenvalue weighted by Crippen LogP contribution is -2.42. The van der Waals surface area contributed by atoms with Gasteiger partial charge in [-0.15, -0.1) is 0 Å². The summed E-state index contributed by atoms with van der Waals surface area (Å²) in [7, 11) is -3.64. The summed E-state index contributed by atoms with van der Waals surface area (Å²) >= 11 is 0. The molecule has 1 N–H and O–H groups in total. The minimum Gasteiger partial charge on any atom is -0.454 e. The SMILES string of the molecule is Cc1ccc(S(=O)(=O)N2CCC(C(=O)O[C@H](C)C(=O)Nc3ccc4c(c3)OCO4)CC2)c(C)c1. The third-order valence-corrected chi connectivity index (χ3v) is 8.10. The van der Waals surface area contributed by atoms with Gasteiger partial charge in [0, 0.05) is 24.8 Å². The number of fused-ring (bicyclic) bond motifs is 1. The minimum atomic E-state index is -3.64. The molecule has 2 heterocycles. The van der Waals surface area contributed by atoms with E-state index in [0.29, 0.717) is 35.6 Å². The Morgan fingerprint density at radius 3 is 2.47 bits per heavy atom. The highest BCUT2D eigenvalue weighted by Gasteiger charge is 2.34. The summed E-state index contributed by atoms with van der Waals surface area (Å²) in [6.07, 6.45) is -0.339. The predicted octanol–water partition coefficient (Wildman–Crippen LogP) is 3.00. The van der Waals surface area contributed by atoms with Gasteiger partial charge in [0.2, 0.25) is 16.8 Å². The number of carbonyl (C=O) groups is 2. The maximum absolute atomic E-state index is 13.0. The van der Waals surface area contributed by atoms with Crippen LogP contribution in [0.3, 0.4) is 0 Å². The molecular formula is C24H28N2O7S. The normalized spacial score (nSPS) is 17.3. The van der Waals surface area contributed by atoms with E-state index in [2.05, 4.69) is 5.32 Å². The van der Waals surface area contributed by atoms with Crippen LogP contribution in [0.5, 0.6) is 11.5 Å². The van der Waals surface area contributed by atoms with E-state index in [1.54, 1.807) is 37.3 Å². The van der Waals surface area contributed by atoms with Gasteiger partial charge in [-0.2, -0.15) is 4.31 Å². The van der Waals surface area contributed by atoms with Crippen LogP contribution in [-0.2, 0) is 24.3 Å². The van der Waals surface area contributed by atoms with Crippen molar-refractivity contribution in [2.45, 2.75) is 44.6 Å². The Kier molecular flexibility index (Phi) is 6.81. The van der Waals surface area contributed by atoms with Gasteiger partial charge in [0.15, 0.2) is 17.6 Å². The van der Waals surface area contributed by atoms with Gasteiger partial charge in [-0.1, -0.05) is 17.7 Å². The average Bonchev–Trinajstić information content (AvgIpc) is 3.26. The van der Waals surface area contributed by atoms with E-state index in [1.807, 2.05) is 13.0 Å². The summed E-state index contributed by atoms with van der Waals surface area (Å²) in [4.78, 5) is 25.4. The Morgan fingerprint density at radius 1 is 1.06 bits per heavy atom. The van der Waals surface area contributed by atoms with E-state index < -0.39 is 33.9 Å². The van der Waals surface area contributed by atoms with Gasteiger partial charge in [-0.05, 0) is 57.4 Å². The molecule has 34 heavy (non-hydrogen) atoms. The number of esters is 1. The Hall–Kier alpha value is -3.11. The molecule has 0 aromatic heterocycles. The zero-order chi connectivity index (χ0) is 24.5. The van der Waals surface area contributed by atoms with Crippen molar-refractivity contribution in [3.05, 3.63) is 47.5 Å². The fourth-order valence-electron chi connectivity index (χ4n) is 4.10. The van der Waals surface area contributed by atoms with Gasteiger partial charge in [0.25, 0.3) is 5.91 Å². The first-order chi connectivity index (χ1) is 16.1. The second kappa shape index (κ2) is 9.63. The summed E-state index contributed by atoms with van der Waals surface area (Å²) in [6.45, 7) is 5.75. The number of anilines is 1. The molecule has 2 aromatic rings. The number of nitrogens with zero attached hydrogens (tertiary/aromatic N) is 1. The van der Waals surface area contributed by atoms with Crippen LogP contribution >= 0.6 is 0 Å². The molecule has 182 valence electrons. The molecule has 4 rings (SSSR count). The number of hydrogen-bond acceptors (Lipinski definition) is 7. The number of hydrogen-bond donors (Lipinski definition) is 1. The number of carbonyl (C=O) groups excluding carboxylic acids is 2. The number of amides is 1. The highest BCUT2D eigenvalue weighted by Crippen LogP contribution is 2.34. The molecule has 9 nitrogen and oxygen atoms in total. The number of sulfonamides is 1. The van der Waals surface area contributed by atoms with Crippen molar-refractivity contribution < 1.29 is 32.2 Å². The van der Waals surface area contributed by atoms with Crippen molar-refractivity contribution >= 4 is 27.6 Å². The first-order valence-corrected chi connectivity index (χ1v) is 12.6. The second-order valence-corrected chi connectivity index (χ2v) is 10.5. The number of nitrogens with one attached hydrogen (secondary N) is 1. The Bertz CT molecular complexity index is 1200. The zero-order valence-corrected chi connectivity index (χ0v) is 20.2. The molecule has 2 aliphatic heterocycles. The van der Waals surface area contributed by atoms with Crippen LogP contribution < -0.4 is 14.8 Å². The van der Waals surface area contributed by atoms with E-state index in [4.69, 9.17) is 14.2 Å². The molecule has 1 fully saturated rings. The average molecular weight is 489 g/mol. The highest BCUT2D eigenvalue weighted by molar-refractivity contribution is 7.89. The van der Waals surface area contributed by atoms with Gasteiger partial charge in [0.05, 0.1) is 10.8 Å². The standard InChI is InChI=1S/C24H28N2O7S/c1-15-4-7-22(16(2)12-15)34(29,30)26-10-8-18(9-11-26)24(28)33-17(3)23(27)25-19-5-6-20-21(13-19)32-14-31-20/h4-7,12-13,17-18H,8-11,14H2,1-3H3,(H,25,27)/t17-/m1/s1. The Balaban J connectivity index is 1.30. The summed E-state index contributed by atoms with van der Waals surface area (Å²) in [5.41, 5.74) is 2.19. The fourth-order valence-corrected chi connectivity index (χ4v) is 5.78. The quantitative estimate of drug-likeness (QED) is 0.622. The van der Waals surface area contributed by atoms with Gasteiger partial charge in [-0.25, -0.2) is 8.42 Å². The molecule has 0 saturated carbocycles. The van der Waals surface area contributed by atoms with Crippen molar-refractivity contribution in [1.82, 2.24) is 4.31 Å². The van der Waals surface area contributed by atoms with Crippen molar-refractivity contribution in [3.63, 3.8) is 0 Å². The van der Waals surface area contributed by atoms with Gasteiger partial charge in [-0.3, -0.25) is 9.59 Å². The first kappa shape index (κ1) is 24.0.